The van der Waals surface area contributed by atoms with Gasteiger partial charge >= 0.3 is 5.97 Å². The van der Waals surface area contributed by atoms with E-state index in [-0.39, 0.29) is 12.5 Å². The molecule has 0 fully saturated rings. The Labute approximate surface area is 129 Å². The summed E-state index contributed by atoms with van der Waals surface area (Å²) in [4.78, 5) is 36.3. The summed E-state index contributed by atoms with van der Waals surface area (Å²) >= 11 is 0. The lowest BCUT2D eigenvalue weighted by Crippen LogP contribution is -2.38. The highest BCUT2D eigenvalue weighted by Crippen LogP contribution is 2.12. The lowest BCUT2D eigenvalue weighted by molar-refractivity contribution is -0.127. The summed E-state index contributed by atoms with van der Waals surface area (Å²) in [5, 5.41) is 4.90. The van der Waals surface area contributed by atoms with Crippen LogP contribution in [-0.2, 0) is 14.3 Å². The van der Waals surface area contributed by atoms with Crippen molar-refractivity contribution in [1.29, 1.82) is 0 Å². The SMILES string of the molecule is CCNC(=O)CNC(=O)COC(=O)c1ccc(N(C)C)cc1. The first kappa shape index (κ1) is 17.5. The number of likely N-dealkylation sites (N-methyl/N-ethyl adjacent to an activating group) is 1. The first-order chi connectivity index (χ1) is 10.4. The lowest BCUT2D eigenvalue weighted by atomic mass is 10.2. The molecule has 1 aromatic rings. The van der Waals surface area contributed by atoms with E-state index in [0.29, 0.717) is 12.1 Å². The van der Waals surface area contributed by atoms with Gasteiger partial charge in [-0.2, -0.15) is 0 Å². The van der Waals surface area contributed by atoms with Gasteiger partial charge in [-0.3, -0.25) is 9.59 Å². The van der Waals surface area contributed by atoms with Gasteiger partial charge in [-0.1, -0.05) is 0 Å². The van der Waals surface area contributed by atoms with E-state index in [1.54, 1.807) is 31.2 Å². The van der Waals surface area contributed by atoms with Crippen LogP contribution in [0.15, 0.2) is 24.3 Å². The van der Waals surface area contributed by atoms with Gasteiger partial charge in [-0.05, 0) is 31.2 Å². The number of carbonyl (C=O) groups excluding carboxylic acids is 3. The third-order valence-electron chi connectivity index (χ3n) is 2.77. The van der Waals surface area contributed by atoms with Gasteiger partial charge < -0.3 is 20.3 Å². The van der Waals surface area contributed by atoms with Gasteiger partial charge in [0.25, 0.3) is 5.91 Å². The maximum Gasteiger partial charge on any atom is 0.338 e. The second kappa shape index (κ2) is 8.66. The standard InChI is InChI=1S/C15H21N3O4/c1-4-16-13(19)9-17-14(20)10-22-15(21)11-5-7-12(8-6-11)18(2)3/h5-8H,4,9-10H2,1-3H3,(H,16,19)(H,17,20). The number of esters is 1. The summed E-state index contributed by atoms with van der Waals surface area (Å²) in [6, 6.07) is 6.83. The van der Waals surface area contributed by atoms with Crippen molar-refractivity contribution in [2.75, 3.05) is 38.7 Å². The third kappa shape index (κ3) is 5.82. The normalized spacial score (nSPS) is 9.77. The smallest absolute Gasteiger partial charge is 0.338 e. The summed E-state index contributed by atoms with van der Waals surface area (Å²) in [6.07, 6.45) is 0. The summed E-state index contributed by atoms with van der Waals surface area (Å²) < 4.78 is 4.89. The maximum atomic E-state index is 11.8. The molecule has 0 bridgehead atoms. The Morgan fingerprint density at radius 1 is 1.05 bits per heavy atom. The lowest BCUT2D eigenvalue weighted by Gasteiger charge is -2.12. The van der Waals surface area contributed by atoms with Gasteiger partial charge in [0, 0.05) is 26.3 Å². The second-order valence-corrected chi connectivity index (χ2v) is 4.75. The summed E-state index contributed by atoms with van der Waals surface area (Å²) in [5.74, 6) is -1.40. The van der Waals surface area contributed by atoms with Gasteiger partial charge in [0.05, 0.1) is 12.1 Å². The van der Waals surface area contributed by atoms with E-state index < -0.39 is 18.5 Å². The van der Waals surface area contributed by atoms with Crippen LogP contribution in [-0.4, -0.2) is 51.6 Å². The van der Waals surface area contributed by atoms with Crippen molar-refractivity contribution in [2.24, 2.45) is 0 Å². The molecular weight excluding hydrogens is 286 g/mol. The predicted molar refractivity (Wildman–Crippen MR) is 82.7 cm³/mol. The average molecular weight is 307 g/mol. The molecule has 0 heterocycles. The van der Waals surface area contributed by atoms with Crippen LogP contribution in [0.1, 0.15) is 17.3 Å². The minimum atomic E-state index is -0.585. The summed E-state index contributed by atoms with van der Waals surface area (Å²) in [5.41, 5.74) is 1.32. The number of hydrogen-bond acceptors (Lipinski definition) is 5. The fourth-order valence-corrected chi connectivity index (χ4v) is 1.60. The molecule has 7 nitrogen and oxygen atoms in total. The fourth-order valence-electron chi connectivity index (χ4n) is 1.60. The number of benzene rings is 1. The van der Waals surface area contributed by atoms with Crippen LogP contribution < -0.4 is 15.5 Å². The van der Waals surface area contributed by atoms with Crippen molar-refractivity contribution in [3.8, 4) is 0 Å². The third-order valence-corrected chi connectivity index (χ3v) is 2.77. The van der Waals surface area contributed by atoms with E-state index in [1.807, 2.05) is 19.0 Å². The largest absolute Gasteiger partial charge is 0.452 e. The fraction of sp³-hybridized carbons (Fsp3) is 0.400. The number of rotatable bonds is 7. The summed E-state index contributed by atoms with van der Waals surface area (Å²) in [7, 11) is 3.79. The number of ether oxygens (including phenoxy) is 1. The number of nitrogens with one attached hydrogen (secondary N) is 2. The molecule has 0 aliphatic heterocycles. The molecule has 2 N–H and O–H groups in total. The zero-order chi connectivity index (χ0) is 16.5. The van der Waals surface area contributed by atoms with Gasteiger partial charge in [-0.15, -0.1) is 0 Å². The van der Waals surface area contributed by atoms with E-state index in [1.165, 1.54) is 0 Å². The number of hydrogen-bond donors (Lipinski definition) is 2. The van der Waals surface area contributed by atoms with Crippen molar-refractivity contribution < 1.29 is 19.1 Å². The molecule has 0 saturated carbocycles. The predicted octanol–water partition coefficient (Wildman–Crippen LogP) is 0.162. The number of carbonyl (C=O) groups is 3. The average Bonchev–Trinajstić information content (AvgIpc) is 2.51. The first-order valence-electron chi connectivity index (χ1n) is 6.92. The molecule has 1 rings (SSSR count). The van der Waals surface area contributed by atoms with Gasteiger partial charge in [0.1, 0.15) is 0 Å². The molecule has 0 aliphatic carbocycles. The Morgan fingerprint density at radius 3 is 2.23 bits per heavy atom. The zero-order valence-corrected chi connectivity index (χ0v) is 13.0. The highest BCUT2D eigenvalue weighted by molar-refractivity contribution is 5.92. The zero-order valence-electron chi connectivity index (χ0n) is 13.0. The molecular formula is C15H21N3O4. The summed E-state index contributed by atoms with van der Waals surface area (Å²) in [6.45, 7) is 1.71. The van der Waals surface area contributed by atoms with Crippen molar-refractivity contribution in [3.05, 3.63) is 29.8 Å². The quantitative estimate of drug-likeness (QED) is 0.701. The van der Waals surface area contributed by atoms with Crippen LogP contribution in [0.2, 0.25) is 0 Å². The highest BCUT2D eigenvalue weighted by atomic mass is 16.5. The number of amides is 2. The molecule has 1 aromatic carbocycles. The van der Waals surface area contributed by atoms with Crippen LogP contribution in [0.4, 0.5) is 5.69 Å². The number of nitrogens with zero attached hydrogens (tertiary/aromatic N) is 1. The van der Waals surface area contributed by atoms with Crippen LogP contribution in [0.5, 0.6) is 0 Å². The van der Waals surface area contributed by atoms with Crippen molar-refractivity contribution >= 4 is 23.5 Å². The Kier molecular flexibility index (Phi) is 6.88. The Balaban J connectivity index is 2.39. The second-order valence-electron chi connectivity index (χ2n) is 4.75. The van der Waals surface area contributed by atoms with Crippen LogP contribution >= 0.6 is 0 Å². The van der Waals surface area contributed by atoms with Crippen molar-refractivity contribution in [2.45, 2.75) is 6.92 Å². The molecule has 2 amide bonds. The van der Waals surface area contributed by atoms with Crippen LogP contribution in [0.25, 0.3) is 0 Å². The molecule has 0 aromatic heterocycles. The minimum Gasteiger partial charge on any atom is -0.452 e. The topological polar surface area (TPSA) is 87.7 Å². The van der Waals surface area contributed by atoms with Crippen molar-refractivity contribution in [3.63, 3.8) is 0 Å². The Hall–Kier alpha value is -2.57. The molecule has 0 unspecified atom stereocenters. The van der Waals surface area contributed by atoms with E-state index in [2.05, 4.69) is 10.6 Å². The van der Waals surface area contributed by atoms with Crippen LogP contribution in [0, 0.1) is 0 Å². The van der Waals surface area contributed by atoms with E-state index >= 15 is 0 Å². The molecule has 0 atom stereocenters. The van der Waals surface area contributed by atoms with Gasteiger partial charge in [0.2, 0.25) is 5.91 Å². The maximum absolute atomic E-state index is 11.8. The van der Waals surface area contributed by atoms with E-state index in [4.69, 9.17) is 4.74 Å². The molecule has 0 saturated heterocycles. The van der Waals surface area contributed by atoms with E-state index in [9.17, 15) is 14.4 Å². The van der Waals surface area contributed by atoms with Gasteiger partial charge in [0.15, 0.2) is 6.61 Å². The van der Waals surface area contributed by atoms with Crippen molar-refractivity contribution in [1.82, 2.24) is 10.6 Å². The molecule has 22 heavy (non-hydrogen) atoms. The monoisotopic (exact) mass is 307 g/mol. The molecule has 0 aliphatic rings. The van der Waals surface area contributed by atoms with E-state index in [0.717, 1.165) is 5.69 Å². The minimum absolute atomic E-state index is 0.137. The molecule has 7 heteroatoms. The van der Waals surface area contributed by atoms with Crippen LogP contribution in [0.3, 0.4) is 0 Å². The highest BCUT2D eigenvalue weighted by Gasteiger charge is 2.11. The molecule has 0 spiro atoms. The first-order valence-corrected chi connectivity index (χ1v) is 6.92. The Morgan fingerprint density at radius 2 is 1.68 bits per heavy atom. The molecule has 120 valence electrons. The molecule has 0 radical (unpaired) electrons. The Bertz CT molecular complexity index is 526. The number of anilines is 1. The van der Waals surface area contributed by atoms with Gasteiger partial charge in [-0.25, -0.2) is 4.79 Å².